The summed E-state index contributed by atoms with van der Waals surface area (Å²) in [5.74, 6) is 0.930. The lowest BCUT2D eigenvalue weighted by Gasteiger charge is -2.28. The lowest BCUT2D eigenvalue weighted by molar-refractivity contribution is 0.0674. The van der Waals surface area contributed by atoms with Gasteiger partial charge in [-0.15, -0.1) is 0 Å². The number of hydrogen-bond acceptors (Lipinski definition) is 6. The summed E-state index contributed by atoms with van der Waals surface area (Å²) < 4.78 is 24.2. The Morgan fingerprint density at radius 1 is 1.29 bits per heavy atom. The molecule has 6 nitrogen and oxygen atoms in total. The van der Waals surface area contributed by atoms with Crippen molar-refractivity contribution in [3.8, 4) is 0 Å². The highest BCUT2D eigenvalue weighted by atomic mass is 35.5. The molecule has 0 radical (unpaired) electrons. The van der Waals surface area contributed by atoms with Crippen LogP contribution in [0.1, 0.15) is 61.1 Å². The van der Waals surface area contributed by atoms with Crippen molar-refractivity contribution in [2.45, 2.75) is 57.3 Å². The summed E-state index contributed by atoms with van der Waals surface area (Å²) in [6, 6.07) is 7.67. The highest BCUT2D eigenvalue weighted by Gasteiger charge is 2.36. The van der Waals surface area contributed by atoms with Gasteiger partial charge in [-0.2, -0.15) is 0 Å². The molecule has 1 saturated heterocycles. The minimum absolute atomic E-state index is 0.0387. The van der Waals surface area contributed by atoms with E-state index in [0.29, 0.717) is 24.0 Å². The Labute approximate surface area is 193 Å². The fraction of sp³-hybridized carbons (Fsp3) is 0.500. The van der Waals surface area contributed by atoms with Gasteiger partial charge in [0.2, 0.25) is 0 Å². The SMILES string of the molecule is CCCSc1ncc(Cl)c(C(=O)N(Cc2ccc(C(C)C)cc2)[C@@H]2CCS(=O)(=O)C2)n1. The summed E-state index contributed by atoms with van der Waals surface area (Å²) in [5, 5.41) is 0.668. The van der Waals surface area contributed by atoms with Gasteiger partial charge < -0.3 is 4.90 Å². The third-order valence-electron chi connectivity index (χ3n) is 5.27. The molecule has 9 heteroatoms. The van der Waals surface area contributed by atoms with Gasteiger partial charge in [-0.1, -0.05) is 68.4 Å². The zero-order chi connectivity index (χ0) is 22.6. The van der Waals surface area contributed by atoms with E-state index in [0.717, 1.165) is 17.7 Å². The third-order valence-corrected chi connectivity index (χ3v) is 8.36. The van der Waals surface area contributed by atoms with Crippen LogP contribution in [0, 0.1) is 0 Å². The average Bonchev–Trinajstić information content (AvgIpc) is 3.10. The fourth-order valence-electron chi connectivity index (χ4n) is 3.49. The van der Waals surface area contributed by atoms with Gasteiger partial charge in [0.05, 0.1) is 22.7 Å². The lowest BCUT2D eigenvalue weighted by atomic mass is 10.0. The van der Waals surface area contributed by atoms with Crippen molar-refractivity contribution in [3.63, 3.8) is 0 Å². The van der Waals surface area contributed by atoms with Crippen molar-refractivity contribution in [1.82, 2.24) is 14.9 Å². The Morgan fingerprint density at radius 3 is 2.58 bits per heavy atom. The number of amides is 1. The summed E-state index contributed by atoms with van der Waals surface area (Å²) in [5.41, 5.74) is 2.27. The Kier molecular flexibility index (Phi) is 7.99. The topological polar surface area (TPSA) is 80.2 Å². The van der Waals surface area contributed by atoms with Gasteiger partial charge >= 0.3 is 0 Å². The van der Waals surface area contributed by atoms with Crippen LogP contribution >= 0.6 is 23.4 Å². The molecule has 3 rings (SSSR count). The lowest BCUT2D eigenvalue weighted by Crippen LogP contribution is -2.41. The van der Waals surface area contributed by atoms with Crippen LogP contribution in [0.25, 0.3) is 0 Å². The number of halogens is 1. The number of rotatable bonds is 8. The summed E-state index contributed by atoms with van der Waals surface area (Å²) in [6.45, 7) is 6.61. The van der Waals surface area contributed by atoms with Crippen LogP contribution in [0.2, 0.25) is 5.02 Å². The van der Waals surface area contributed by atoms with Crippen LogP contribution in [-0.2, 0) is 16.4 Å². The number of thioether (sulfide) groups is 1. The maximum atomic E-state index is 13.5. The Balaban J connectivity index is 1.91. The highest BCUT2D eigenvalue weighted by Crippen LogP contribution is 2.26. The molecule has 1 aliphatic heterocycles. The molecule has 0 N–H and O–H groups in total. The van der Waals surface area contributed by atoms with E-state index in [-0.39, 0.29) is 28.1 Å². The van der Waals surface area contributed by atoms with Gasteiger partial charge in [-0.25, -0.2) is 18.4 Å². The standard InChI is InChI=1S/C22H28ClN3O3S2/c1-4-10-30-22-24-12-19(23)20(25-22)21(27)26(18-9-11-31(28,29)14-18)13-16-5-7-17(8-6-16)15(2)3/h5-8,12,15,18H,4,9-11,13-14H2,1-3H3/t18-/m1/s1. The summed E-state index contributed by atoms with van der Waals surface area (Å²) in [6.07, 6.45) is 2.82. The summed E-state index contributed by atoms with van der Waals surface area (Å²) in [7, 11) is -3.16. The van der Waals surface area contributed by atoms with Gasteiger partial charge in [0.1, 0.15) is 0 Å². The van der Waals surface area contributed by atoms with Gasteiger partial charge in [-0.3, -0.25) is 4.79 Å². The van der Waals surface area contributed by atoms with E-state index in [1.165, 1.54) is 23.5 Å². The molecular formula is C22H28ClN3O3S2. The van der Waals surface area contributed by atoms with E-state index in [1.54, 1.807) is 4.90 Å². The van der Waals surface area contributed by atoms with Gasteiger partial charge in [0.25, 0.3) is 5.91 Å². The molecule has 2 heterocycles. The predicted molar refractivity (Wildman–Crippen MR) is 126 cm³/mol. The fourth-order valence-corrected chi connectivity index (χ4v) is 6.06. The van der Waals surface area contributed by atoms with Gasteiger partial charge in [-0.05, 0) is 29.9 Å². The van der Waals surface area contributed by atoms with Crippen molar-refractivity contribution in [1.29, 1.82) is 0 Å². The average molecular weight is 482 g/mol. The molecule has 1 fully saturated rings. The first-order valence-electron chi connectivity index (χ1n) is 10.5. The second kappa shape index (κ2) is 10.3. The molecule has 1 atom stereocenters. The molecule has 1 amide bonds. The molecule has 0 aliphatic carbocycles. The number of aromatic nitrogens is 2. The molecule has 31 heavy (non-hydrogen) atoms. The molecule has 168 valence electrons. The normalized spacial score (nSPS) is 17.8. The number of benzene rings is 1. The largest absolute Gasteiger partial charge is 0.329 e. The summed E-state index contributed by atoms with van der Waals surface area (Å²) in [4.78, 5) is 23.7. The minimum atomic E-state index is -3.16. The highest BCUT2D eigenvalue weighted by molar-refractivity contribution is 7.99. The molecule has 1 aliphatic rings. The van der Waals surface area contributed by atoms with E-state index in [9.17, 15) is 13.2 Å². The van der Waals surface area contributed by atoms with Crippen molar-refractivity contribution in [2.75, 3.05) is 17.3 Å². The zero-order valence-electron chi connectivity index (χ0n) is 18.0. The smallest absolute Gasteiger partial charge is 0.274 e. The van der Waals surface area contributed by atoms with Crippen LogP contribution in [0.3, 0.4) is 0 Å². The number of hydrogen-bond donors (Lipinski definition) is 0. The third kappa shape index (κ3) is 6.20. The van der Waals surface area contributed by atoms with Crippen LogP contribution in [0.5, 0.6) is 0 Å². The maximum absolute atomic E-state index is 13.5. The Morgan fingerprint density at radius 2 is 2.00 bits per heavy atom. The summed E-state index contributed by atoms with van der Waals surface area (Å²) >= 11 is 7.76. The number of sulfone groups is 1. The molecule has 1 aromatic heterocycles. The second-order valence-corrected chi connectivity index (χ2v) is 11.8. The quantitative estimate of drug-likeness (QED) is 0.405. The van der Waals surface area contributed by atoms with Crippen LogP contribution in [0.15, 0.2) is 35.6 Å². The Hall–Kier alpha value is -1.64. The molecule has 1 aromatic carbocycles. The van der Waals surface area contributed by atoms with Crippen molar-refractivity contribution in [2.24, 2.45) is 0 Å². The molecule has 0 bridgehead atoms. The van der Waals surface area contributed by atoms with Crippen molar-refractivity contribution < 1.29 is 13.2 Å². The van der Waals surface area contributed by atoms with E-state index in [4.69, 9.17) is 11.6 Å². The van der Waals surface area contributed by atoms with E-state index in [1.807, 2.05) is 24.3 Å². The van der Waals surface area contributed by atoms with Crippen LogP contribution in [-0.4, -0.2) is 52.5 Å². The predicted octanol–water partition coefficient (Wildman–Crippen LogP) is 4.59. The molecular weight excluding hydrogens is 454 g/mol. The maximum Gasteiger partial charge on any atom is 0.274 e. The van der Waals surface area contributed by atoms with Crippen molar-refractivity contribution >= 4 is 39.1 Å². The first kappa shape index (κ1) is 24.0. The van der Waals surface area contributed by atoms with E-state index >= 15 is 0 Å². The van der Waals surface area contributed by atoms with E-state index < -0.39 is 15.9 Å². The first-order valence-corrected chi connectivity index (χ1v) is 13.6. The van der Waals surface area contributed by atoms with E-state index in [2.05, 4.69) is 30.7 Å². The van der Waals surface area contributed by atoms with Crippen LogP contribution in [0.4, 0.5) is 0 Å². The number of carbonyl (C=O) groups excluding carboxylic acids is 1. The first-order chi connectivity index (χ1) is 14.7. The zero-order valence-corrected chi connectivity index (χ0v) is 20.4. The van der Waals surface area contributed by atoms with Crippen molar-refractivity contribution in [3.05, 3.63) is 52.3 Å². The monoisotopic (exact) mass is 481 g/mol. The Bertz CT molecular complexity index is 1030. The van der Waals surface area contributed by atoms with Gasteiger partial charge in [0, 0.05) is 18.3 Å². The van der Waals surface area contributed by atoms with Gasteiger partial charge in [0.15, 0.2) is 20.7 Å². The van der Waals surface area contributed by atoms with Crippen LogP contribution < -0.4 is 0 Å². The molecule has 0 saturated carbocycles. The molecule has 0 unspecified atom stereocenters. The number of nitrogens with zero attached hydrogens (tertiary/aromatic N) is 3. The molecule has 0 spiro atoms. The number of carbonyl (C=O) groups is 1. The minimum Gasteiger partial charge on any atom is -0.329 e. The second-order valence-electron chi connectivity index (χ2n) is 8.08. The molecule has 2 aromatic rings.